The first-order valence-corrected chi connectivity index (χ1v) is 8.52. The van der Waals surface area contributed by atoms with Gasteiger partial charge in [-0.15, -0.1) is 0 Å². The molecule has 0 spiro atoms. The molecule has 5 nitrogen and oxygen atoms in total. The van der Waals surface area contributed by atoms with Crippen LogP contribution in [0.5, 0.6) is 0 Å². The number of aliphatic hydroxyl groups is 1. The van der Waals surface area contributed by atoms with Crippen molar-refractivity contribution in [3.8, 4) is 0 Å². The molecule has 0 fully saturated rings. The Kier molecular flexibility index (Phi) is 10.3. The van der Waals surface area contributed by atoms with E-state index >= 15 is 0 Å². The summed E-state index contributed by atoms with van der Waals surface area (Å²) in [6.07, 6.45) is 1.12. The van der Waals surface area contributed by atoms with E-state index in [-0.39, 0.29) is 13.7 Å². The van der Waals surface area contributed by atoms with Crippen LogP contribution in [-0.2, 0) is 6.61 Å². The van der Waals surface area contributed by atoms with Crippen molar-refractivity contribution in [2.75, 3.05) is 0 Å². The summed E-state index contributed by atoms with van der Waals surface area (Å²) in [5.41, 5.74) is 0.359. The molecule has 0 atom stereocenters. The summed E-state index contributed by atoms with van der Waals surface area (Å²) in [5, 5.41) is 21.6. The Labute approximate surface area is 128 Å². The van der Waals surface area contributed by atoms with Crippen LogP contribution in [0.2, 0.25) is 10.6 Å². The van der Waals surface area contributed by atoms with Crippen LogP contribution < -0.4 is 0 Å². The number of pyridine rings is 1. The number of rotatable bonds is 6. The Hall–Kier alpha value is -0.958. The molecular formula is C14H25AlN2O3. The molecule has 0 aliphatic carbocycles. The van der Waals surface area contributed by atoms with Crippen LogP contribution in [0, 0.1) is 22.0 Å². The number of hydrogen-bond acceptors (Lipinski definition) is 4. The largest absolute Gasteiger partial charge is 1.00 e. The second kappa shape index (κ2) is 10.8. The van der Waals surface area contributed by atoms with Crippen molar-refractivity contribution >= 4 is 20.9 Å². The predicted octanol–water partition coefficient (Wildman–Crippen LogP) is 3.43. The van der Waals surface area contributed by atoms with Crippen LogP contribution in [0.4, 0.5) is 5.69 Å². The maximum absolute atomic E-state index is 10.1. The third-order valence-corrected chi connectivity index (χ3v) is 5.01. The molecule has 1 N–H and O–H groups in total. The average Bonchev–Trinajstić information content (AvgIpc) is 2.38. The predicted molar refractivity (Wildman–Crippen MR) is 83.0 cm³/mol. The normalized spacial score (nSPS) is 9.95. The van der Waals surface area contributed by atoms with Gasteiger partial charge < -0.3 is 6.53 Å². The summed E-state index contributed by atoms with van der Waals surface area (Å²) in [7, 11) is 0. The van der Waals surface area contributed by atoms with Gasteiger partial charge in [0.25, 0.3) is 5.69 Å². The standard InChI is InChI=1S/C6H6N2O3.2C4H9.Al.H/c9-4-5-1-2-6(3-7-5)8(10)11;2*1-4(2)3;;/h1-3,9H,4H2;2*4H,1H2,2-3H3;;/q;;;+1;-1. The molecule has 6 heteroatoms. The van der Waals surface area contributed by atoms with Crippen LogP contribution in [0.15, 0.2) is 18.3 Å². The maximum Gasteiger partial charge on any atom is 0.287 e. The minimum Gasteiger partial charge on any atom is -1.00 e. The van der Waals surface area contributed by atoms with Crippen molar-refractivity contribution < 1.29 is 11.5 Å². The third kappa shape index (κ3) is 9.91. The number of nitrogens with zero attached hydrogens (tertiary/aromatic N) is 2. The van der Waals surface area contributed by atoms with Crippen molar-refractivity contribution in [2.45, 2.75) is 44.9 Å². The van der Waals surface area contributed by atoms with Gasteiger partial charge in [-0.1, -0.05) is 0 Å². The summed E-state index contributed by atoms with van der Waals surface area (Å²) >= 11 is 0.755. The van der Waals surface area contributed by atoms with E-state index in [0.717, 1.165) is 33.3 Å². The van der Waals surface area contributed by atoms with Crippen LogP contribution in [0.25, 0.3) is 0 Å². The second-order valence-corrected chi connectivity index (χ2v) is 6.99. The van der Waals surface area contributed by atoms with Gasteiger partial charge in [-0.25, -0.2) is 0 Å². The topological polar surface area (TPSA) is 76.3 Å². The number of hydrogen-bond donors (Lipinski definition) is 1. The average molecular weight is 296 g/mol. The van der Waals surface area contributed by atoms with Gasteiger partial charge >= 0.3 is 65.3 Å². The van der Waals surface area contributed by atoms with Gasteiger partial charge in [0, 0.05) is 6.07 Å². The summed E-state index contributed by atoms with van der Waals surface area (Å²) < 4.78 is 0. The number of nitro groups is 1. The molecule has 0 saturated carbocycles. The van der Waals surface area contributed by atoms with E-state index in [1.807, 2.05) is 0 Å². The van der Waals surface area contributed by atoms with Gasteiger partial charge in [0.05, 0.1) is 17.2 Å². The second-order valence-electron chi connectivity index (χ2n) is 5.47. The fourth-order valence-electron chi connectivity index (χ4n) is 1.38. The fraction of sp³-hybridized carbons (Fsp3) is 0.643. The van der Waals surface area contributed by atoms with Crippen molar-refractivity contribution in [1.29, 1.82) is 0 Å². The van der Waals surface area contributed by atoms with E-state index in [4.69, 9.17) is 5.11 Å². The van der Waals surface area contributed by atoms with E-state index in [1.54, 1.807) is 0 Å². The summed E-state index contributed by atoms with van der Waals surface area (Å²) in [4.78, 5) is 13.2. The molecule has 0 saturated heterocycles. The molecule has 0 radical (unpaired) electrons. The molecule has 112 valence electrons. The van der Waals surface area contributed by atoms with E-state index in [0.29, 0.717) is 5.69 Å². The van der Waals surface area contributed by atoms with Gasteiger partial charge in [-0.2, -0.15) is 0 Å². The molecule has 1 heterocycles. The molecule has 0 aliphatic rings. The van der Waals surface area contributed by atoms with Crippen molar-refractivity contribution in [1.82, 2.24) is 4.98 Å². The van der Waals surface area contributed by atoms with Gasteiger partial charge in [0.2, 0.25) is 0 Å². The first-order chi connectivity index (χ1) is 9.36. The van der Waals surface area contributed by atoms with E-state index in [9.17, 15) is 10.1 Å². The molecule has 0 aliphatic heterocycles. The Morgan fingerprint density at radius 3 is 2.15 bits per heavy atom. The summed E-state index contributed by atoms with van der Waals surface area (Å²) in [6, 6.07) is 2.72. The number of aliphatic hydroxyl groups excluding tert-OH is 1. The quantitative estimate of drug-likeness (QED) is 0.495. The minimum absolute atomic E-state index is 0. The molecule has 0 amide bonds. The Bertz CT molecular complexity index is 378. The smallest absolute Gasteiger partial charge is 0.287 e. The summed E-state index contributed by atoms with van der Waals surface area (Å²) in [5.74, 6) is 1.86. The first-order valence-electron chi connectivity index (χ1n) is 6.88. The molecule has 1 aromatic heterocycles. The summed E-state index contributed by atoms with van der Waals surface area (Å²) in [6.45, 7) is 9.05. The van der Waals surface area contributed by atoms with E-state index < -0.39 is 4.92 Å². The van der Waals surface area contributed by atoms with Crippen molar-refractivity contribution in [2.24, 2.45) is 11.8 Å². The monoisotopic (exact) mass is 296 g/mol. The van der Waals surface area contributed by atoms with Crippen LogP contribution in [0.1, 0.15) is 34.8 Å². The van der Waals surface area contributed by atoms with Gasteiger partial charge in [-0.3, -0.25) is 15.1 Å². The Morgan fingerprint density at radius 2 is 1.85 bits per heavy atom. The minimum atomic E-state index is -0.534. The zero-order valence-corrected chi connectivity index (χ0v) is 13.9. The van der Waals surface area contributed by atoms with E-state index in [1.165, 1.54) is 22.7 Å². The van der Waals surface area contributed by atoms with Crippen LogP contribution in [0.3, 0.4) is 0 Å². The Morgan fingerprint density at radius 1 is 1.30 bits per heavy atom. The zero-order chi connectivity index (χ0) is 15.5. The molecule has 1 aromatic rings. The van der Waals surface area contributed by atoms with Gasteiger partial charge in [0.1, 0.15) is 6.20 Å². The zero-order valence-electron chi connectivity index (χ0n) is 13.7. The van der Waals surface area contributed by atoms with Gasteiger partial charge in [0.15, 0.2) is 0 Å². The van der Waals surface area contributed by atoms with Crippen molar-refractivity contribution in [3.63, 3.8) is 0 Å². The SMILES string of the molecule is CC(C)[CH2][Al+][CH2]C(C)C.O=[N+]([O-])c1ccc(CO)nc1.[H-]. The molecular weight excluding hydrogens is 271 g/mol. The number of aromatic nitrogens is 1. The molecule has 1 rings (SSSR count). The van der Waals surface area contributed by atoms with Crippen LogP contribution >= 0.6 is 0 Å². The molecule has 20 heavy (non-hydrogen) atoms. The van der Waals surface area contributed by atoms with Gasteiger partial charge in [-0.05, 0) is 6.07 Å². The fourth-order valence-corrected chi connectivity index (χ4v) is 2.91. The first kappa shape index (κ1) is 19.0. The maximum atomic E-state index is 10.1. The molecule has 0 aromatic carbocycles. The van der Waals surface area contributed by atoms with E-state index in [2.05, 4.69) is 32.7 Å². The van der Waals surface area contributed by atoms with Crippen molar-refractivity contribution in [3.05, 3.63) is 34.1 Å². The third-order valence-electron chi connectivity index (χ3n) is 2.46. The molecule has 0 unspecified atom stereocenters. The van der Waals surface area contributed by atoms with Crippen LogP contribution in [-0.4, -0.2) is 30.2 Å². The molecule has 0 bridgehead atoms. The Balaban J connectivity index is 0.